The highest BCUT2D eigenvalue weighted by Crippen LogP contribution is 2.11. The Balaban J connectivity index is 0.00000338. The normalized spacial score (nSPS) is 14.9. The Kier molecular flexibility index (Phi) is 10.6. The van der Waals surface area contributed by atoms with Gasteiger partial charge >= 0.3 is 6.09 Å². The second kappa shape index (κ2) is 12.5. The first-order valence-corrected chi connectivity index (χ1v) is 8.65. The number of piperidine rings is 1. The van der Waals surface area contributed by atoms with E-state index in [1.165, 1.54) is 0 Å². The number of rotatable bonds is 6. The highest BCUT2D eigenvalue weighted by Gasteiger charge is 2.24. The molecule has 2 heterocycles. The van der Waals surface area contributed by atoms with E-state index in [4.69, 9.17) is 15.6 Å². The molecule has 0 spiro atoms. The van der Waals surface area contributed by atoms with Gasteiger partial charge in [-0.05, 0) is 31.9 Å². The lowest BCUT2D eigenvalue weighted by atomic mass is 10.1. The third-order valence-corrected chi connectivity index (χ3v) is 3.93. The number of ether oxygens (including phenoxy) is 1. The van der Waals surface area contributed by atoms with Crippen LogP contribution in [0.5, 0.6) is 0 Å². The number of likely N-dealkylation sites (tertiary alicyclic amines) is 1. The summed E-state index contributed by atoms with van der Waals surface area (Å²) in [5.41, 5.74) is 0. The minimum atomic E-state index is -0.237. The first kappa shape index (κ1) is 22.2. The van der Waals surface area contributed by atoms with Crippen molar-refractivity contribution in [3.05, 3.63) is 24.2 Å². The molecule has 1 fully saturated rings. The monoisotopic (exact) mass is 474 g/mol. The summed E-state index contributed by atoms with van der Waals surface area (Å²) in [7, 11) is 0. The van der Waals surface area contributed by atoms with E-state index in [2.05, 4.69) is 21.5 Å². The Hall–Kier alpha value is -1.89. The summed E-state index contributed by atoms with van der Waals surface area (Å²) in [6.07, 6.45) is 9.16. The lowest BCUT2D eigenvalue weighted by Crippen LogP contribution is -2.50. The molecular formula is C18H27IN4O3. The number of guanidine groups is 1. The van der Waals surface area contributed by atoms with Crippen molar-refractivity contribution in [2.45, 2.75) is 32.2 Å². The van der Waals surface area contributed by atoms with Crippen LogP contribution in [-0.2, 0) is 11.2 Å². The Morgan fingerprint density at radius 2 is 2.27 bits per heavy atom. The van der Waals surface area contributed by atoms with Gasteiger partial charge in [0.2, 0.25) is 0 Å². The molecule has 1 aliphatic heterocycles. The number of terminal acetylenes is 1. The number of aliphatic imine (C=N–C) groups is 1. The average molecular weight is 474 g/mol. The largest absolute Gasteiger partial charge is 0.469 e. The summed E-state index contributed by atoms with van der Waals surface area (Å²) >= 11 is 0. The van der Waals surface area contributed by atoms with E-state index in [0.717, 1.165) is 25.0 Å². The van der Waals surface area contributed by atoms with Crippen LogP contribution < -0.4 is 10.6 Å². The maximum absolute atomic E-state index is 11.7. The van der Waals surface area contributed by atoms with Crippen molar-refractivity contribution in [1.82, 2.24) is 15.5 Å². The molecule has 0 saturated carbocycles. The van der Waals surface area contributed by atoms with E-state index >= 15 is 0 Å². The number of hydrogen-bond acceptors (Lipinski definition) is 4. The zero-order valence-electron chi connectivity index (χ0n) is 15.1. The smallest absolute Gasteiger partial charge is 0.409 e. The second-order valence-electron chi connectivity index (χ2n) is 5.72. The number of nitrogens with one attached hydrogen (secondary N) is 2. The Bertz CT molecular complexity index is 590. The summed E-state index contributed by atoms with van der Waals surface area (Å²) in [5.74, 6) is 4.15. The predicted octanol–water partition coefficient (Wildman–Crippen LogP) is 2.23. The van der Waals surface area contributed by atoms with Gasteiger partial charge in [0.25, 0.3) is 0 Å². The quantitative estimate of drug-likeness (QED) is 0.286. The highest BCUT2D eigenvalue weighted by molar-refractivity contribution is 14.0. The van der Waals surface area contributed by atoms with E-state index in [-0.39, 0.29) is 36.1 Å². The van der Waals surface area contributed by atoms with E-state index in [9.17, 15) is 4.79 Å². The molecule has 0 radical (unpaired) electrons. The Morgan fingerprint density at radius 3 is 2.88 bits per heavy atom. The van der Waals surface area contributed by atoms with Gasteiger partial charge in [-0.1, -0.05) is 5.92 Å². The second-order valence-corrected chi connectivity index (χ2v) is 5.72. The zero-order valence-corrected chi connectivity index (χ0v) is 17.4. The standard InChI is InChI=1S/C18H26N4O3.HI/c1-3-10-19-17(20-11-7-16-6-5-14-25-16)21-15-8-12-22(13-9-15)18(23)24-4-2;/h1,5-6,14-15H,4,7-13H2,2H3,(H2,19,20,21);1H. The SMILES string of the molecule is C#CCNC(=NCCc1ccco1)NC1CCN(C(=O)OCC)CC1.I. The number of nitrogens with zero attached hydrogens (tertiary/aromatic N) is 2. The van der Waals surface area contributed by atoms with Crippen LogP contribution in [0.25, 0.3) is 0 Å². The predicted molar refractivity (Wildman–Crippen MR) is 112 cm³/mol. The van der Waals surface area contributed by atoms with Crippen LogP contribution in [0.3, 0.4) is 0 Å². The molecule has 0 atom stereocenters. The van der Waals surface area contributed by atoms with Crippen LogP contribution >= 0.6 is 24.0 Å². The van der Waals surface area contributed by atoms with Crippen molar-refractivity contribution in [2.24, 2.45) is 4.99 Å². The number of halogens is 1. The third-order valence-electron chi connectivity index (χ3n) is 3.93. The lowest BCUT2D eigenvalue weighted by molar-refractivity contribution is 0.0963. The molecule has 7 nitrogen and oxygen atoms in total. The van der Waals surface area contributed by atoms with E-state index in [0.29, 0.717) is 38.7 Å². The molecule has 0 unspecified atom stereocenters. The van der Waals surface area contributed by atoms with E-state index < -0.39 is 0 Å². The molecule has 1 aromatic heterocycles. The first-order chi connectivity index (χ1) is 12.2. The van der Waals surface area contributed by atoms with Crippen molar-refractivity contribution in [3.8, 4) is 12.3 Å². The van der Waals surface area contributed by atoms with Crippen molar-refractivity contribution < 1.29 is 13.9 Å². The van der Waals surface area contributed by atoms with Gasteiger partial charge in [-0.25, -0.2) is 4.79 Å². The number of carbonyl (C=O) groups is 1. The summed E-state index contributed by atoms with van der Waals surface area (Å²) < 4.78 is 10.3. The summed E-state index contributed by atoms with van der Waals surface area (Å²) in [6, 6.07) is 4.05. The molecular weight excluding hydrogens is 447 g/mol. The maximum Gasteiger partial charge on any atom is 0.409 e. The molecule has 26 heavy (non-hydrogen) atoms. The fraction of sp³-hybridized carbons (Fsp3) is 0.556. The van der Waals surface area contributed by atoms with Crippen LogP contribution in [0.15, 0.2) is 27.8 Å². The van der Waals surface area contributed by atoms with Gasteiger partial charge in [-0.3, -0.25) is 4.99 Å². The summed E-state index contributed by atoms with van der Waals surface area (Å²) in [4.78, 5) is 18.0. The molecule has 8 heteroatoms. The average Bonchev–Trinajstić information content (AvgIpc) is 3.13. The highest BCUT2D eigenvalue weighted by atomic mass is 127. The third kappa shape index (κ3) is 7.56. The number of hydrogen-bond donors (Lipinski definition) is 2. The molecule has 2 N–H and O–H groups in total. The first-order valence-electron chi connectivity index (χ1n) is 8.65. The van der Waals surface area contributed by atoms with Crippen molar-refractivity contribution in [1.29, 1.82) is 0 Å². The van der Waals surface area contributed by atoms with Crippen molar-refractivity contribution in [2.75, 3.05) is 32.8 Å². The van der Waals surface area contributed by atoms with Crippen molar-refractivity contribution >= 4 is 36.0 Å². The fourth-order valence-corrected chi connectivity index (χ4v) is 2.63. The van der Waals surface area contributed by atoms with Gasteiger partial charge in [-0.2, -0.15) is 0 Å². The number of amides is 1. The molecule has 1 aliphatic rings. The van der Waals surface area contributed by atoms with Gasteiger partial charge < -0.3 is 24.7 Å². The minimum Gasteiger partial charge on any atom is -0.469 e. The minimum absolute atomic E-state index is 0. The van der Waals surface area contributed by atoms with Crippen LogP contribution in [0, 0.1) is 12.3 Å². The molecule has 1 amide bonds. The molecule has 0 aliphatic carbocycles. The van der Waals surface area contributed by atoms with Gasteiger partial charge in [0, 0.05) is 32.1 Å². The summed E-state index contributed by atoms with van der Waals surface area (Å²) in [5, 5.41) is 6.51. The van der Waals surface area contributed by atoms with Gasteiger partial charge in [0.15, 0.2) is 5.96 Å². The van der Waals surface area contributed by atoms with Crippen LogP contribution in [0.2, 0.25) is 0 Å². The van der Waals surface area contributed by atoms with Crippen LogP contribution in [-0.4, -0.2) is 55.8 Å². The van der Waals surface area contributed by atoms with Gasteiger partial charge in [0.1, 0.15) is 5.76 Å². The lowest BCUT2D eigenvalue weighted by Gasteiger charge is -2.32. The maximum atomic E-state index is 11.7. The number of furan rings is 1. The topological polar surface area (TPSA) is 79.1 Å². The van der Waals surface area contributed by atoms with Crippen LogP contribution in [0.4, 0.5) is 4.79 Å². The Labute approximate surface area is 172 Å². The Morgan fingerprint density at radius 1 is 1.50 bits per heavy atom. The molecule has 0 aromatic carbocycles. The molecule has 144 valence electrons. The van der Waals surface area contributed by atoms with Gasteiger partial charge in [0.05, 0.1) is 19.4 Å². The molecule has 1 saturated heterocycles. The molecule has 2 rings (SSSR count). The van der Waals surface area contributed by atoms with Crippen LogP contribution in [0.1, 0.15) is 25.5 Å². The number of carbonyl (C=O) groups excluding carboxylic acids is 1. The van der Waals surface area contributed by atoms with E-state index in [1.807, 2.05) is 19.1 Å². The van der Waals surface area contributed by atoms with Crippen molar-refractivity contribution in [3.63, 3.8) is 0 Å². The van der Waals surface area contributed by atoms with E-state index in [1.54, 1.807) is 11.2 Å². The molecule has 0 bridgehead atoms. The zero-order chi connectivity index (χ0) is 17.9. The fourth-order valence-electron chi connectivity index (χ4n) is 2.63. The summed E-state index contributed by atoms with van der Waals surface area (Å²) in [6.45, 7) is 4.58. The molecule has 1 aromatic rings. The van der Waals surface area contributed by atoms with Gasteiger partial charge in [-0.15, -0.1) is 30.4 Å².